The van der Waals surface area contributed by atoms with E-state index in [9.17, 15) is 9.59 Å². The summed E-state index contributed by atoms with van der Waals surface area (Å²) in [4.78, 5) is 27.2. The van der Waals surface area contributed by atoms with Crippen LogP contribution < -0.4 is 5.32 Å². The van der Waals surface area contributed by atoms with Crippen LogP contribution in [-0.4, -0.2) is 29.8 Å². The molecule has 1 aliphatic heterocycles. The van der Waals surface area contributed by atoms with Crippen LogP contribution in [0, 0.1) is 5.92 Å². The first-order chi connectivity index (χ1) is 12.9. The summed E-state index contributed by atoms with van der Waals surface area (Å²) < 4.78 is 0.985. The summed E-state index contributed by atoms with van der Waals surface area (Å²) in [6, 6.07) is 14.7. The predicted molar refractivity (Wildman–Crippen MR) is 111 cm³/mol. The summed E-state index contributed by atoms with van der Waals surface area (Å²) in [6.07, 6.45) is 1.62. The average molecular weight is 450 g/mol. The molecule has 0 saturated carbocycles. The van der Waals surface area contributed by atoms with Crippen LogP contribution in [0.5, 0.6) is 0 Å². The summed E-state index contributed by atoms with van der Waals surface area (Å²) in [5.41, 5.74) is 1.64. The first-order valence-corrected chi connectivity index (χ1v) is 10.2. The van der Waals surface area contributed by atoms with Crippen LogP contribution in [0.3, 0.4) is 0 Å². The van der Waals surface area contributed by atoms with Crippen LogP contribution in [0.2, 0.25) is 5.02 Å². The zero-order chi connectivity index (χ0) is 19.4. The fourth-order valence-corrected chi connectivity index (χ4v) is 3.88. The second-order valence-corrected chi connectivity index (χ2v) is 8.23. The molecule has 1 aliphatic rings. The van der Waals surface area contributed by atoms with Crippen molar-refractivity contribution in [3.63, 3.8) is 0 Å². The molecule has 4 nitrogen and oxygen atoms in total. The van der Waals surface area contributed by atoms with Crippen LogP contribution in [0.25, 0.3) is 0 Å². The van der Waals surface area contributed by atoms with Crippen molar-refractivity contribution in [2.75, 3.05) is 13.1 Å². The van der Waals surface area contributed by atoms with Gasteiger partial charge in [-0.1, -0.05) is 39.7 Å². The summed E-state index contributed by atoms with van der Waals surface area (Å²) >= 11 is 9.35. The van der Waals surface area contributed by atoms with E-state index in [1.807, 2.05) is 31.2 Å². The van der Waals surface area contributed by atoms with Crippen LogP contribution in [0.1, 0.15) is 41.7 Å². The van der Waals surface area contributed by atoms with E-state index in [-0.39, 0.29) is 23.8 Å². The second-order valence-electron chi connectivity index (χ2n) is 6.88. The molecule has 1 N–H and O–H groups in total. The summed E-state index contributed by atoms with van der Waals surface area (Å²) in [5.74, 6) is -0.245. The molecule has 0 radical (unpaired) electrons. The topological polar surface area (TPSA) is 49.4 Å². The SMILES string of the molecule is CC(NC(=O)C1CCCN(C(=O)c2ccc(Cl)cc2)C1)c1cccc(Br)c1. The van der Waals surface area contributed by atoms with E-state index >= 15 is 0 Å². The third-order valence-corrected chi connectivity index (χ3v) is 5.62. The van der Waals surface area contributed by atoms with E-state index in [0.29, 0.717) is 23.7 Å². The monoisotopic (exact) mass is 448 g/mol. The highest BCUT2D eigenvalue weighted by molar-refractivity contribution is 9.10. The molecule has 2 amide bonds. The van der Waals surface area contributed by atoms with Crippen molar-refractivity contribution in [3.05, 3.63) is 69.2 Å². The van der Waals surface area contributed by atoms with Gasteiger partial charge in [-0.25, -0.2) is 0 Å². The van der Waals surface area contributed by atoms with Gasteiger partial charge in [-0.3, -0.25) is 9.59 Å². The molecule has 0 aromatic heterocycles. The maximum atomic E-state index is 12.7. The Labute approximate surface area is 173 Å². The molecule has 0 bridgehead atoms. The summed E-state index contributed by atoms with van der Waals surface area (Å²) in [5, 5.41) is 3.69. The quantitative estimate of drug-likeness (QED) is 0.726. The number of carbonyl (C=O) groups excluding carboxylic acids is 2. The Morgan fingerprint density at radius 1 is 1.22 bits per heavy atom. The maximum Gasteiger partial charge on any atom is 0.253 e. The Kier molecular flexibility index (Phi) is 6.55. The van der Waals surface area contributed by atoms with Crippen LogP contribution in [0.4, 0.5) is 0 Å². The van der Waals surface area contributed by atoms with Crippen LogP contribution in [-0.2, 0) is 4.79 Å². The number of likely N-dealkylation sites (tertiary alicyclic amines) is 1. The van der Waals surface area contributed by atoms with Gasteiger partial charge in [0.15, 0.2) is 0 Å². The van der Waals surface area contributed by atoms with Crippen molar-refractivity contribution in [2.24, 2.45) is 5.92 Å². The number of amides is 2. The van der Waals surface area contributed by atoms with E-state index in [1.165, 1.54) is 0 Å². The molecule has 1 fully saturated rings. The number of hydrogen-bond donors (Lipinski definition) is 1. The van der Waals surface area contributed by atoms with Gasteiger partial charge in [0.1, 0.15) is 0 Å². The lowest BCUT2D eigenvalue weighted by Gasteiger charge is -2.32. The molecule has 0 spiro atoms. The number of nitrogens with one attached hydrogen (secondary N) is 1. The minimum absolute atomic E-state index is 0.00363. The third-order valence-electron chi connectivity index (χ3n) is 4.88. The van der Waals surface area contributed by atoms with Crippen molar-refractivity contribution in [1.29, 1.82) is 0 Å². The molecule has 2 unspecified atom stereocenters. The van der Waals surface area contributed by atoms with Gasteiger partial charge in [-0.15, -0.1) is 0 Å². The lowest BCUT2D eigenvalue weighted by Crippen LogP contribution is -2.45. The third kappa shape index (κ3) is 5.11. The number of benzene rings is 2. The molecule has 1 heterocycles. The van der Waals surface area contributed by atoms with E-state index in [1.54, 1.807) is 29.2 Å². The number of hydrogen-bond acceptors (Lipinski definition) is 2. The highest BCUT2D eigenvalue weighted by atomic mass is 79.9. The van der Waals surface area contributed by atoms with Gasteiger partial charge in [0.05, 0.1) is 12.0 Å². The van der Waals surface area contributed by atoms with E-state index in [2.05, 4.69) is 21.2 Å². The highest BCUT2D eigenvalue weighted by Gasteiger charge is 2.29. The van der Waals surface area contributed by atoms with E-state index in [4.69, 9.17) is 11.6 Å². The fraction of sp³-hybridized carbons (Fsp3) is 0.333. The standard InChI is InChI=1S/C21H22BrClN2O2/c1-14(16-4-2-6-18(22)12-16)24-20(26)17-5-3-11-25(13-17)21(27)15-7-9-19(23)10-8-15/h2,4,6-10,12,14,17H,3,5,11,13H2,1H3,(H,24,26). The largest absolute Gasteiger partial charge is 0.349 e. The van der Waals surface area contributed by atoms with Crippen molar-refractivity contribution >= 4 is 39.3 Å². The molecule has 1 saturated heterocycles. The van der Waals surface area contributed by atoms with Crippen LogP contribution >= 0.6 is 27.5 Å². The minimum Gasteiger partial charge on any atom is -0.349 e. The van der Waals surface area contributed by atoms with Gasteiger partial charge in [0.2, 0.25) is 5.91 Å². The number of halogens is 2. The first kappa shape index (κ1) is 19.9. The second kappa shape index (κ2) is 8.89. The fourth-order valence-electron chi connectivity index (χ4n) is 3.34. The van der Waals surface area contributed by atoms with Gasteiger partial charge >= 0.3 is 0 Å². The van der Waals surface area contributed by atoms with Crippen molar-refractivity contribution in [1.82, 2.24) is 10.2 Å². The molecule has 27 heavy (non-hydrogen) atoms. The Hall–Kier alpha value is -1.85. The molecule has 2 atom stereocenters. The molecule has 6 heteroatoms. The predicted octanol–water partition coefficient (Wildman–Crippen LogP) is 4.83. The Balaban J connectivity index is 1.62. The molecule has 0 aliphatic carbocycles. The zero-order valence-corrected chi connectivity index (χ0v) is 17.5. The van der Waals surface area contributed by atoms with Gasteiger partial charge in [-0.05, 0) is 61.7 Å². The number of rotatable bonds is 4. The Morgan fingerprint density at radius 2 is 1.96 bits per heavy atom. The highest BCUT2D eigenvalue weighted by Crippen LogP contribution is 2.22. The van der Waals surface area contributed by atoms with Gasteiger partial charge in [0, 0.05) is 28.1 Å². The number of piperidine rings is 1. The smallest absolute Gasteiger partial charge is 0.253 e. The van der Waals surface area contributed by atoms with E-state index in [0.717, 1.165) is 22.9 Å². The molecule has 142 valence electrons. The van der Waals surface area contributed by atoms with Crippen molar-refractivity contribution < 1.29 is 9.59 Å². The summed E-state index contributed by atoms with van der Waals surface area (Å²) in [6.45, 7) is 3.09. The molecular weight excluding hydrogens is 428 g/mol. The summed E-state index contributed by atoms with van der Waals surface area (Å²) in [7, 11) is 0. The molecule has 3 rings (SSSR count). The van der Waals surface area contributed by atoms with Gasteiger partial charge in [0.25, 0.3) is 5.91 Å². The normalized spacial score (nSPS) is 18.0. The lowest BCUT2D eigenvalue weighted by atomic mass is 9.95. The molecule has 2 aromatic rings. The van der Waals surface area contributed by atoms with E-state index < -0.39 is 0 Å². The maximum absolute atomic E-state index is 12.7. The molecule has 2 aromatic carbocycles. The number of carbonyl (C=O) groups is 2. The lowest BCUT2D eigenvalue weighted by molar-refractivity contribution is -0.127. The number of nitrogens with zero attached hydrogens (tertiary/aromatic N) is 1. The first-order valence-electron chi connectivity index (χ1n) is 9.04. The van der Waals surface area contributed by atoms with Crippen LogP contribution in [0.15, 0.2) is 53.0 Å². The molecular formula is C21H22BrClN2O2. The van der Waals surface area contributed by atoms with Crippen molar-refractivity contribution in [3.8, 4) is 0 Å². The zero-order valence-electron chi connectivity index (χ0n) is 15.1. The average Bonchev–Trinajstić information content (AvgIpc) is 2.68. The Morgan fingerprint density at radius 3 is 2.67 bits per heavy atom. The van der Waals surface area contributed by atoms with Crippen molar-refractivity contribution in [2.45, 2.75) is 25.8 Å². The Bertz CT molecular complexity index is 825. The minimum atomic E-state index is -0.190. The van der Waals surface area contributed by atoms with Gasteiger partial charge < -0.3 is 10.2 Å². The van der Waals surface area contributed by atoms with Gasteiger partial charge in [-0.2, -0.15) is 0 Å².